The highest BCUT2D eigenvalue weighted by atomic mass is 79.9. The Labute approximate surface area is 58.7 Å². The number of amides is 1. The van der Waals surface area contributed by atoms with E-state index in [-0.39, 0.29) is 4.83 Å². The van der Waals surface area contributed by atoms with E-state index in [1.54, 1.807) is 0 Å². The van der Waals surface area contributed by atoms with E-state index >= 15 is 0 Å². The second kappa shape index (κ2) is 3.43. The maximum absolute atomic E-state index is 9.96. The molecule has 1 atom stereocenters. The molecule has 1 N–H and O–H groups in total. The van der Waals surface area contributed by atoms with Crippen LogP contribution in [0.3, 0.4) is 0 Å². The van der Waals surface area contributed by atoms with Crippen molar-refractivity contribution in [2.24, 2.45) is 0 Å². The second-order valence-corrected chi connectivity index (χ2v) is 2.74. The summed E-state index contributed by atoms with van der Waals surface area (Å²) >= 11 is 5.98. The molecule has 41 valence electrons. The van der Waals surface area contributed by atoms with Gasteiger partial charge in [-0.2, -0.15) is 0 Å². The molecule has 0 heterocycles. The van der Waals surface area contributed by atoms with Gasteiger partial charge < -0.3 is 0 Å². The highest BCUT2D eigenvalue weighted by Crippen LogP contribution is 2.01. The van der Waals surface area contributed by atoms with Crippen molar-refractivity contribution in [2.75, 3.05) is 5.33 Å². The predicted molar refractivity (Wildman–Crippen MR) is 34.6 cm³/mol. The number of halogens is 2. The Morgan fingerprint density at radius 1 is 1.86 bits per heavy atom. The first kappa shape index (κ1) is 7.43. The molecule has 7 heavy (non-hydrogen) atoms. The molecule has 1 unspecified atom stereocenters. The van der Waals surface area contributed by atoms with E-state index in [1.165, 1.54) is 0 Å². The van der Waals surface area contributed by atoms with E-state index in [2.05, 4.69) is 31.9 Å². The summed E-state index contributed by atoms with van der Waals surface area (Å²) in [6.07, 6.45) is 0. The van der Waals surface area contributed by atoms with Crippen LogP contribution in [0.2, 0.25) is 0 Å². The van der Waals surface area contributed by atoms with Crippen molar-refractivity contribution < 1.29 is 4.79 Å². The summed E-state index contributed by atoms with van der Waals surface area (Å²) in [5.41, 5.74) is 6.47. The number of hydrogen-bond donors (Lipinski definition) is 0. The maximum atomic E-state index is 9.96. The molecule has 0 aliphatic carbocycles. The minimum Gasteiger partial charge on any atom is -0.272 e. The van der Waals surface area contributed by atoms with E-state index in [4.69, 9.17) is 5.73 Å². The number of alkyl halides is 2. The first-order valence-electron chi connectivity index (χ1n) is 1.64. The van der Waals surface area contributed by atoms with Gasteiger partial charge in [0.05, 0.1) is 0 Å². The van der Waals surface area contributed by atoms with Crippen molar-refractivity contribution in [3.63, 3.8) is 0 Å². The van der Waals surface area contributed by atoms with Crippen LogP contribution in [-0.4, -0.2) is 16.1 Å². The average molecular weight is 230 g/mol. The zero-order chi connectivity index (χ0) is 5.86. The van der Waals surface area contributed by atoms with E-state index in [0.717, 1.165) is 0 Å². The monoisotopic (exact) mass is 228 g/mol. The Hall–Kier alpha value is 0.430. The first-order chi connectivity index (χ1) is 3.18. The van der Waals surface area contributed by atoms with E-state index in [0.29, 0.717) is 5.33 Å². The molecule has 0 aromatic carbocycles. The smallest absolute Gasteiger partial charge is 0.253 e. The zero-order valence-electron chi connectivity index (χ0n) is 3.45. The lowest BCUT2D eigenvalue weighted by Gasteiger charge is -1.93. The van der Waals surface area contributed by atoms with Crippen LogP contribution in [0, 0.1) is 0 Å². The van der Waals surface area contributed by atoms with Gasteiger partial charge in [0.1, 0.15) is 4.83 Å². The third-order valence-electron chi connectivity index (χ3n) is 0.420. The van der Waals surface area contributed by atoms with Gasteiger partial charge in [0.15, 0.2) is 0 Å². The number of hydrogen-bond acceptors (Lipinski definition) is 1. The minimum absolute atomic E-state index is 0.340. The molecule has 0 spiro atoms. The van der Waals surface area contributed by atoms with Gasteiger partial charge in [-0.05, 0) is 0 Å². The van der Waals surface area contributed by atoms with Crippen LogP contribution in [0.5, 0.6) is 0 Å². The van der Waals surface area contributed by atoms with E-state index in [1.807, 2.05) is 0 Å². The van der Waals surface area contributed by atoms with Crippen molar-refractivity contribution in [1.82, 2.24) is 5.73 Å². The van der Waals surface area contributed by atoms with Gasteiger partial charge in [-0.15, -0.1) is 0 Å². The molecule has 0 aromatic rings. The number of nitrogens with one attached hydrogen (secondary N) is 1. The topological polar surface area (TPSA) is 40.9 Å². The summed E-state index contributed by atoms with van der Waals surface area (Å²) in [6, 6.07) is 0. The van der Waals surface area contributed by atoms with Gasteiger partial charge in [-0.25, -0.2) is 0 Å². The lowest BCUT2D eigenvalue weighted by Crippen LogP contribution is -2.14. The SMILES string of the molecule is [NH]C(=O)C(Br)CBr. The highest BCUT2D eigenvalue weighted by molar-refractivity contribution is 9.12. The lowest BCUT2D eigenvalue weighted by molar-refractivity contribution is -0.117. The summed E-state index contributed by atoms with van der Waals surface area (Å²) in [5.74, 6) is -0.586. The summed E-state index contributed by atoms with van der Waals surface area (Å²) in [7, 11) is 0. The zero-order valence-corrected chi connectivity index (χ0v) is 6.62. The minimum atomic E-state index is -0.586. The van der Waals surface area contributed by atoms with Crippen LogP contribution in [0.4, 0.5) is 0 Å². The largest absolute Gasteiger partial charge is 0.272 e. The standard InChI is InChI=1S/C3H4Br2NO/c4-1-2(5)3(6)7/h2,6H,1H2. The third kappa shape index (κ3) is 3.05. The van der Waals surface area contributed by atoms with Gasteiger partial charge in [0.2, 0.25) is 0 Å². The van der Waals surface area contributed by atoms with Gasteiger partial charge in [-0.1, -0.05) is 31.9 Å². The van der Waals surface area contributed by atoms with Gasteiger partial charge in [0, 0.05) is 5.33 Å². The van der Waals surface area contributed by atoms with Crippen LogP contribution < -0.4 is 5.73 Å². The Bertz CT molecular complexity index is 75.3. The molecule has 0 saturated heterocycles. The van der Waals surface area contributed by atoms with Crippen LogP contribution in [0.15, 0.2) is 0 Å². The van der Waals surface area contributed by atoms with Gasteiger partial charge >= 0.3 is 0 Å². The van der Waals surface area contributed by atoms with E-state index in [9.17, 15) is 4.79 Å². The molecule has 0 fully saturated rings. The fourth-order valence-electron chi connectivity index (χ4n) is 0.0701. The van der Waals surface area contributed by atoms with Crippen molar-refractivity contribution in [3.05, 3.63) is 0 Å². The number of rotatable bonds is 2. The molecule has 0 saturated carbocycles. The molecule has 0 rings (SSSR count). The molecule has 2 nitrogen and oxygen atoms in total. The number of carbonyl (C=O) groups is 1. The normalized spacial score (nSPS) is 13.4. The van der Waals surface area contributed by atoms with Gasteiger partial charge in [-0.3, -0.25) is 10.5 Å². The second-order valence-electron chi connectivity index (χ2n) is 0.986. The van der Waals surface area contributed by atoms with Crippen LogP contribution in [-0.2, 0) is 4.79 Å². The highest BCUT2D eigenvalue weighted by Gasteiger charge is 2.07. The molecule has 0 aliphatic heterocycles. The summed E-state index contributed by atoms with van der Waals surface area (Å²) in [6.45, 7) is 0. The molecule has 1 radical (unpaired) electrons. The lowest BCUT2D eigenvalue weighted by atomic mass is 10.5. The van der Waals surface area contributed by atoms with Crippen molar-refractivity contribution >= 4 is 37.8 Å². The molecule has 1 amide bonds. The van der Waals surface area contributed by atoms with Gasteiger partial charge in [0.25, 0.3) is 5.91 Å². The third-order valence-corrected chi connectivity index (χ3v) is 2.68. The van der Waals surface area contributed by atoms with E-state index < -0.39 is 5.91 Å². The number of carbonyl (C=O) groups excluding carboxylic acids is 1. The Morgan fingerprint density at radius 2 is 2.29 bits per heavy atom. The summed E-state index contributed by atoms with van der Waals surface area (Å²) in [4.78, 5) is 9.62. The Kier molecular flexibility index (Phi) is 3.65. The maximum Gasteiger partial charge on any atom is 0.253 e. The molecule has 0 aromatic heterocycles. The van der Waals surface area contributed by atoms with Crippen molar-refractivity contribution in [3.8, 4) is 0 Å². The van der Waals surface area contributed by atoms with Crippen LogP contribution in [0.1, 0.15) is 0 Å². The van der Waals surface area contributed by atoms with Crippen LogP contribution in [0.25, 0.3) is 0 Å². The van der Waals surface area contributed by atoms with Crippen LogP contribution >= 0.6 is 31.9 Å². The fourth-order valence-corrected chi connectivity index (χ4v) is 0.364. The molecular weight excluding hydrogens is 226 g/mol. The quantitative estimate of drug-likeness (QED) is 0.651. The molecule has 0 aliphatic rings. The predicted octanol–water partition coefficient (Wildman–Crippen LogP) is 0.954. The average Bonchev–Trinajstić information content (AvgIpc) is 1.65. The fraction of sp³-hybridized carbons (Fsp3) is 0.667. The molecule has 0 bridgehead atoms. The van der Waals surface area contributed by atoms with Crippen molar-refractivity contribution in [1.29, 1.82) is 0 Å². The Morgan fingerprint density at radius 3 is 2.29 bits per heavy atom. The summed E-state index contributed by atoms with van der Waals surface area (Å²) in [5, 5.41) is 0.509. The first-order valence-corrected chi connectivity index (χ1v) is 3.67. The van der Waals surface area contributed by atoms with Crippen molar-refractivity contribution in [2.45, 2.75) is 4.83 Å². The summed E-state index contributed by atoms with van der Waals surface area (Å²) < 4.78 is 0. The Balaban J connectivity index is 3.34. The molecule has 4 heteroatoms. The molecular formula is C3H4Br2NO.